The SMILES string of the molecule is COc1nc(/C=C/c2nc3n(n2)CC[C@@H]3c2ccc(F)cc2)ccc1-n1cnc(C)c1. The number of halogens is 1. The number of benzene rings is 1. The van der Waals surface area contributed by atoms with Crippen LogP contribution in [0.15, 0.2) is 48.9 Å². The van der Waals surface area contributed by atoms with Gasteiger partial charge in [0.1, 0.15) is 17.3 Å². The predicted octanol–water partition coefficient (Wildman–Crippen LogP) is 4.02. The summed E-state index contributed by atoms with van der Waals surface area (Å²) in [6, 6.07) is 10.5. The number of rotatable bonds is 5. The van der Waals surface area contributed by atoms with E-state index in [1.807, 2.05) is 58.8 Å². The van der Waals surface area contributed by atoms with Gasteiger partial charge in [-0.25, -0.2) is 24.0 Å². The topological polar surface area (TPSA) is 70.7 Å². The van der Waals surface area contributed by atoms with E-state index < -0.39 is 0 Å². The smallest absolute Gasteiger partial charge is 0.238 e. The first-order valence-corrected chi connectivity index (χ1v) is 10.0. The molecular formula is C23H21FN6O. The van der Waals surface area contributed by atoms with Gasteiger partial charge in [0, 0.05) is 18.7 Å². The molecule has 0 N–H and O–H groups in total. The molecule has 31 heavy (non-hydrogen) atoms. The fourth-order valence-electron chi connectivity index (χ4n) is 3.86. The number of hydrogen-bond acceptors (Lipinski definition) is 5. The van der Waals surface area contributed by atoms with Crippen molar-refractivity contribution in [2.24, 2.45) is 0 Å². The Morgan fingerprint density at radius 1 is 1.10 bits per heavy atom. The van der Waals surface area contributed by atoms with E-state index >= 15 is 0 Å². The molecule has 0 aliphatic carbocycles. The summed E-state index contributed by atoms with van der Waals surface area (Å²) in [7, 11) is 1.60. The van der Waals surface area contributed by atoms with Crippen LogP contribution in [0.4, 0.5) is 4.39 Å². The van der Waals surface area contributed by atoms with Gasteiger partial charge in [-0.15, -0.1) is 0 Å². The van der Waals surface area contributed by atoms with Crippen molar-refractivity contribution < 1.29 is 9.13 Å². The van der Waals surface area contributed by atoms with E-state index in [1.165, 1.54) is 12.1 Å². The number of aryl methyl sites for hydroxylation is 2. The quantitative estimate of drug-likeness (QED) is 0.491. The number of pyridine rings is 1. The Morgan fingerprint density at radius 2 is 1.94 bits per heavy atom. The molecule has 156 valence electrons. The average molecular weight is 416 g/mol. The monoisotopic (exact) mass is 416 g/mol. The zero-order valence-electron chi connectivity index (χ0n) is 17.2. The third-order valence-corrected chi connectivity index (χ3v) is 5.38. The maximum atomic E-state index is 13.3. The molecule has 0 fully saturated rings. The molecule has 0 unspecified atom stereocenters. The van der Waals surface area contributed by atoms with Gasteiger partial charge in [0.05, 0.1) is 24.8 Å². The molecule has 0 spiro atoms. The number of imidazole rings is 1. The van der Waals surface area contributed by atoms with Gasteiger partial charge >= 0.3 is 0 Å². The van der Waals surface area contributed by atoms with E-state index in [-0.39, 0.29) is 11.7 Å². The van der Waals surface area contributed by atoms with E-state index in [4.69, 9.17) is 9.72 Å². The minimum atomic E-state index is -0.232. The molecule has 7 nitrogen and oxygen atoms in total. The maximum Gasteiger partial charge on any atom is 0.238 e. The van der Waals surface area contributed by atoms with Crippen molar-refractivity contribution in [3.8, 4) is 11.6 Å². The molecule has 0 saturated heterocycles. The summed E-state index contributed by atoms with van der Waals surface area (Å²) in [5.74, 6) is 1.94. The highest BCUT2D eigenvalue weighted by atomic mass is 19.1. The third-order valence-electron chi connectivity index (χ3n) is 5.38. The molecule has 5 rings (SSSR count). The number of nitrogens with zero attached hydrogens (tertiary/aromatic N) is 6. The molecule has 0 saturated carbocycles. The molecule has 0 amide bonds. The van der Waals surface area contributed by atoms with Crippen molar-refractivity contribution in [1.29, 1.82) is 0 Å². The summed E-state index contributed by atoms with van der Waals surface area (Å²) in [4.78, 5) is 13.5. The lowest BCUT2D eigenvalue weighted by molar-refractivity contribution is 0.395. The molecule has 1 atom stereocenters. The van der Waals surface area contributed by atoms with Crippen LogP contribution in [-0.2, 0) is 6.54 Å². The van der Waals surface area contributed by atoms with Crippen LogP contribution in [0.3, 0.4) is 0 Å². The predicted molar refractivity (Wildman–Crippen MR) is 114 cm³/mol. The normalized spacial score (nSPS) is 15.5. The van der Waals surface area contributed by atoms with Gasteiger partial charge in [-0.05, 0) is 55.3 Å². The van der Waals surface area contributed by atoms with E-state index in [0.29, 0.717) is 11.7 Å². The summed E-state index contributed by atoms with van der Waals surface area (Å²) >= 11 is 0. The van der Waals surface area contributed by atoms with Crippen LogP contribution in [0, 0.1) is 12.7 Å². The first kappa shape index (κ1) is 19.2. The minimum absolute atomic E-state index is 0.131. The Balaban J connectivity index is 1.38. The molecule has 4 heterocycles. The van der Waals surface area contributed by atoms with Crippen molar-refractivity contribution in [1.82, 2.24) is 29.3 Å². The molecule has 4 aromatic rings. The molecule has 1 aromatic carbocycles. The van der Waals surface area contributed by atoms with Crippen molar-refractivity contribution in [3.63, 3.8) is 0 Å². The van der Waals surface area contributed by atoms with Gasteiger partial charge < -0.3 is 9.30 Å². The number of aromatic nitrogens is 6. The van der Waals surface area contributed by atoms with Crippen LogP contribution in [0.2, 0.25) is 0 Å². The first-order valence-electron chi connectivity index (χ1n) is 10.0. The van der Waals surface area contributed by atoms with E-state index in [9.17, 15) is 4.39 Å². The summed E-state index contributed by atoms with van der Waals surface area (Å²) < 4.78 is 22.5. The fraction of sp³-hybridized carbons (Fsp3) is 0.217. The Morgan fingerprint density at radius 3 is 2.68 bits per heavy atom. The Kier molecular flexibility index (Phi) is 4.82. The molecule has 1 aliphatic heterocycles. The van der Waals surface area contributed by atoms with Crippen LogP contribution in [0.25, 0.3) is 17.8 Å². The fourth-order valence-corrected chi connectivity index (χ4v) is 3.86. The lowest BCUT2D eigenvalue weighted by Gasteiger charge is -2.08. The number of hydrogen-bond donors (Lipinski definition) is 0. The Hall–Kier alpha value is -3.81. The maximum absolute atomic E-state index is 13.3. The highest BCUT2D eigenvalue weighted by molar-refractivity contribution is 5.65. The standard InChI is InChI=1S/C23H21FN6O/c1-15-13-29(14-25-15)20-9-7-18(26-23(20)31-2)8-10-21-27-22-19(11-12-30(22)28-21)16-3-5-17(24)6-4-16/h3-10,13-14,19H,11-12H2,1-2H3/b10-8+/t19-/m1/s1. The van der Waals surface area contributed by atoms with Gasteiger partial charge in [-0.1, -0.05) is 12.1 Å². The highest BCUT2D eigenvalue weighted by Crippen LogP contribution is 2.33. The van der Waals surface area contributed by atoms with Crippen LogP contribution in [-0.4, -0.2) is 36.4 Å². The van der Waals surface area contributed by atoms with E-state index in [1.54, 1.807) is 13.4 Å². The van der Waals surface area contributed by atoms with Gasteiger partial charge in [-0.3, -0.25) is 0 Å². The first-order chi connectivity index (χ1) is 15.1. The average Bonchev–Trinajstić information content (AvgIpc) is 3.48. The zero-order valence-corrected chi connectivity index (χ0v) is 17.2. The summed E-state index contributed by atoms with van der Waals surface area (Å²) in [6.45, 7) is 2.73. The van der Waals surface area contributed by atoms with Gasteiger partial charge in [0.25, 0.3) is 0 Å². The van der Waals surface area contributed by atoms with E-state index in [2.05, 4.69) is 15.1 Å². The lowest BCUT2D eigenvalue weighted by Crippen LogP contribution is -1.99. The van der Waals surface area contributed by atoms with Crippen LogP contribution in [0.5, 0.6) is 5.88 Å². The van der Waals surface area contributed by atoms with Gasteiger partial charge in [0.2, 0.25) is 5.88 Å². The Bertz CT molecular complexity index is 1260. The molecule has 3 aromatic heterocycles. The molecule has 0 radical (unpaired) electrons. The third kappa shape index (κ3) is 3.72. The number of fused-ring (bicyclic) bond motifs is 1. The summed E-state index contributed by atoms with van der Waals surface area (Å²) in [5, 5.41) is 4.58. The largest absolute Gasteiger partial charge is 0.479 e. The molecule has 8 heteroatoms. The summed E-state index contributed by atoms with van der Waals surface area (Å²) in [6.07, 6.45) is 8.28. The molecular weight excluding hydrogens is 395 g/mol. The van der Waals surface area contributed by atoms with Crippen molar-refractivity contribution in [2.45, 2.75) is 25.8 Å². The van der Waals surface area contributed by atoms with E-state index in [0.717, 1.165) is 41.4 Å². The second-order valence-electron chi connectivity index (χ2n) is 7.46. The van der Waals surface area contributed by atoms with Crippen LogP contribution >= 0.6 is 0 Å². The van der Waals surface area contributed by atoms with Crippen molar-refractivity contribution in [3.05, 3.63) is 83.3 Å². The van der Waals surface area contributed by atoms with Gasteiger partial charge in [0.15, 0.2) is 5.82 Å². The lowest BCUT2D eigenvalue weighted by atomic mass is 9.97. The number of methoxy groups -OCH3 is 1. The molecule has 0 bridgehead atoms. The molecule has 1 aliphatic rings. The van der Waals surface area contributed by atoms with Crippen LogP contribution < -0.4 is 4.74 Å². The Labute approximate surface area is 178 Å². The van der Waals surface area contributed by atoms with Crippen molar-refractivity contribution in [2.75, 3.05) is 7.11 Å². The second kappa shape index (κ2) is 7.79. The van der Waals surface area contributed by atoms with Crippen LogP contribution in [0.1, 0.15) is 40.9 Å². The zero-order chi connectivity index (χ0) is 21.4. The summed E-state index contributed by atoms with van der Waals surface area (Å²) in [5.41, 5.74) is 3.53. The minimum Gasteiger partial charge on any atom is -0.479 e. The van der Waals surface area contributed by atoms with Gasteiger partial charge in [-0.2, -0.15) is 5.10 Å². The number of ether oxygens (including phenoxy) is 1. The highest BCUT2D eigenvalue weighted by Gasteiger charge is 2.27. The van der Waals surface area contributed by atoms with Crippen molar-refractivity contribution >= 4 is 12.2 Å². The second-order valence-corrected chi connectivity index (χ2v) is 7.46.